The summed E-state index contributed by atoms with van der Waals surface area (Å²) in [4.78, 5) is 20.4. The third kappa shape index (κ3) is 3.68. The van der Waals surface area contributed by atoms with Crippen molar-refractivity contribution in [3.05, 3.63) is 93.6 Å². The second-order valence-electron chi connectivity index (χ2n) is 8.33. The monoisotopic (exact) mass is 488 g/mol. The zero-order valence-corrected chi connectivity index (χ0v) is 18.9. The molecule has 5 aromatic rings. The van der Waals surface area contributed by atoms with Crippen molar-refractivity contribution >= 4 is 17.3 Å². The van der Waals surface area contributed by atoms with E-state index >= 15 is 0 Å². The number of nitrogens with zero attached hydrogens (tertiary/aromatic N) is 6. The minimum atomic E-state index is -0.624. The number of benzene rings is 2. The maximum Gasteiger partial charge on any atom is 0.251 e. The average molecular weight is 489 g/mol. The van der Waals surface area contributed by atoms with Crippen LogP contribution in [0.4, 0.5) is 10.1 Å². The van der Waals surface area contributed by atoms with Crippen LogP contribution in [-0.4, -0.2) is 34.7 Å². The van der Waals surface area contributed by atoms with Crippen molar-refractivity contribution in [2.24, 2.45) is 0 Å². The van der Waals surface area contributed by atoms with Gasteiger partial charge < -0.3 is 15.3 Å². The molecule has 35 heavy (non-hydrogen) atoms. The molecule has 9 nitrogen and oxygen atoms in total. The molecule has 0 bridgehead atoms. The number of anilines is 1. The van der Waals surface area contributed by atoms with Crippen LogP contribution >= 0.6 is 11.6 Å². The molecule has 0 radical (unpaired) electrons. The Kier molecular flexibility index (Phi) is 4.96. The van der Waals surface area contributed by atoms with Gasteiger partial charge in [0.25, 0.3) is 5.56 Å². The lowest BCUT2D eigenvalue weighted by atomic mass is 10.0. The summed E-state index contributed by atoms with van der Waals surface area (Å²) >= 11 is 6.26. The number of aromatic amines is 1. The van der Waals surface area contributed by atoms with E-state index in [-0.39, 0.29) is 11.3 Å². The molecule has 11 heteroatoms. The quantitative estimate of drug-likeness (QED) is 0.371. The summed E-state index contributed by atoms with van der Waals surface area (Å²) in [6.45, 7) is 0. The van der Waals surface area contributed by atoms with Gasteiger partial charge in [-0.15, -0.1) is 5.10 Å². The predicted octanol–water partition coefficient (Wildman–Crippen LogP) is 3.79. The maximum absolute atomic E-state index is 14.9. The molecule has 3 N–H and O–H groups in total. The van der Waals surface area contributed by atoms with E-state index in [9.17, 15) is 9.18 Å². The standard InChI is InChI=1S/C24H18ClFN8O/c25-15-3-7-19(33-12-28-31-32-33)18(11-15)14-9-17-6-8-20(34(17)21(35)10-14)22-23(26)30-24(29-22)13-1-4-16(27)5-2-13/h1-5,7,9-12,20H,6,8,27H2,(H,29,30). The molecule has 2 aromatic carbocycles. The largest absolute Gasteiger partial charge is 0.399 e. The van der Waals surface area contributed by atoms with Gasteiger partial charge in [-0.3, -0.25) is 4.79 Å². The fraction of sp³-hybridized carbons (Fsp3) is 0.125. The highest BCUT2D eigenvalue weighted by Crippen LogP contribution is 2.35. The van der Waals surface area contributed by atoms with E-state index < -0.39 is 12.0 Å². The first-order chi connectivity index (χ1) is 17.0. The summed E-state index contributed by atoms with van der Waals surface area (Å²) in [7, 11) is 0. The van der Waals surface area contributed by atoms with Crippen LogP contribution in [0, 0.1) is 5.95 Å². The van der Waals surface area contributed by atoms with E-state index in [1.54, 1.807) is 47.0 Å². The number of imidazole rings is 1. The molecule has 0 saturated carbocycles. The smallest absolute Gasteiger partial charge is 0.251 e. The summed E-state index contributed by atoms with van der Waals surface area (Å²) < 4.78 is 18.1. The number of nitrogens with one attached hydrogen (secondary N) is 1. The topological polar surface area (TPSA) is 120 Å². The van der Waals surface area contributed by atoms with Crippen LogP contribution in [0.3, 0.4) is 0 Å². The average Bonchev–Trinajstić information content (AvgIpc) is 3.59. The third-order valence-corrected chi connectivity index (χ3v) is 6.44. The van der Waals surface area contributed by atoms with Crippen molar-refractivity contribution in [2.75, 3.05) is 5.73 Å². The lowest BCUT2D eigenvalue weighted by molar-refractivity contribution is 0.515. The van der Waals surface area contributed by atoms with Gasteiger partial charge in [-0.1, -0.05) is 11.6 Å². The van der Waals surface area contributed by atoms with Crippen LogP contribution in [0.15, 0.2) is 65.7 Å². The molecule has 1 atom stereocenters. The van der Waals surface area contributed by atoms with Crippen LogP contribution in [0.1, 0.15) is 23.9 Å². The molecule has 6 rings (SSSR count). The van der Waals surface area contributed by atoms with Crippen molar-refractivity contribution < 1.29 is 4.39 Å². The van der Waals surface area contributed by atoms with E-state index in [2.05, 4.69) is 25.5 Å². The van der Waals surface area contributed by atoms with Gasteiger partial charge in [-0.2, -0.15) is 9.07 Å². The van der Waals surface area contributed by atoms with Gasteiger partial charge in [-0.05, 0) is 77.4 Å². The molecule has 4 heterocycles. The van der Waals surface area contributed by atoms with Crippen LogP contribution in [0.2, 0.25) is 5.02 Å². The Morgan fingerprint density at radius 3 is 2.69 bits per heavy atom. The lowest BCUT2D eigenvalue weighted by Crippen LogP contribution is -2.24. The third-order valence-electron chi connectivity index (χ3n) is 6.20. The molecule has 174 valence electrons. The first-order valence-corrected chi connectivity index (χ1v) is 11.3. The minimum absolute atomic E-state index is 0.245. The molecule has 0 saturated heterocycles. The summed E-state index contributed by atoms with van der Waals surface area (Å²) in [6, 6.07) is 15.3. The number of H-pyrrole nitrogens is 1. The molecule has 3 aromatic heterocycles. The number of halogens is 2. The molecule has 0 fully saturated rings. The van der Waals surface area contributed by atoms with Crippen molar-refractivity contribution in [1.29, 1.82) is 0 Å². The second kappa shape index (κ2) is 8.17. The van der Waals surface area contributed by atoms with Crippen LogP contribution < -0.4 is 11.3 Å². The van der Waals surface area contributed by atoms with Gasteiger partial charge >= 0.3 is 0 Å². The van der Waals surface area contributed by atoms with Gasteiger partial charge in [0.1, 0.15) is 12.2 Å². The molecular weight excluding hydrogens is 471 g/mol. The molecule has 1 unspecified atom stereocenters. The fourth-order valence-corrected chi connectivity index (χ4v) is 4.77. The van der Waals surface area contributed by atoms with Crippen molar-refractivity contribution in [3.8, 4) is 28.2 Å². The van der Waals surface area contributed by atoms with Crippen molar-refractivity contribution in [1.82, 2.24) is 34.7 Å². The first-order valence-electron chi connectivity index (χ1n) is 10.9. The van der Waals surface area contributed by atoms with Gasteiger partial charge in [0.05, 0.1) is 17.4 Å². The Labute approximate surface area is 203 Å². The Hall–Kier alpha value is -4.31. The Balaban J connectivity index is 1.41. The Morgan fingerprint density at radius 1 is 1.09 bits per heavy atom. The zero-order chi connectivity index (χ0) is 24.1. The number of hydrogen-bond acceptors (Lipinski definition) is 6. The highest BCUT2D eigenvalue weighted by molar-refractivity contribution is 6.31. The van der Waals surface area contributed by atoms with Crippen LogP contribution in [-0.2, 0) is 6.42 Å². The van der Waals surface area contributed by atoms with E-state index in [0.717, 1.165) is 5.69 Å². The summed E-state index contributed by atoms with van der Waals surface area (Å²) in [5.74, 6) is -0.234. The molecule has 1 aliphatic heterocycles. The Bertz CT molecular complexity index is 1610. The number of tetrazole rings is 1. The summed E-state index contributed by atoms with van der Waals surface area (Å²) in [6.07, 6.45) is 2.64. The minimum Gasteiger partial charge on any atom is -0.399 e. The van der Waals surface area contributed by atoms with E-state index in [1.807, 2.05) is 6.07 Å². The molecule has 0 aliphatic carbocycles. The van der Waals surface area contributed by atoms with E-state index in [1.165, 1.54) is 17.1 Å². The van der Waals surface area contributed by atoms with Crippen LogP contribution in [0.5, 0.6) is 0 Å². The molecule has 0 spiro atoms. The number of pyridine rings is 1. The van der Waals surface area contributed by atoms with E-state index in [4.69, 9.17) is 17.3 Å². The maximum atomic E-state index is 14.9. The number of fused-ring (bicyclic) bond motifs is 1. The zero-order valence-electron chi connectivity index (χ0n) is 18.2. The van der Waals surface area contributed by atoms with Gasteiger partial charge in [0.2, 0.25) is 5.95 Å². The number of aryl methyl sites for hydroxylation is 1. The van der Waals surface area contributed by atoms with Gasteiger partial charge in [0.15, 0.2) is 0 Å². The predicted molar refractivity (Wildman–Crippen MR) is 129 cm³/mol. The summed E-state index contributed by atoms with van der Waals surface area (Å²) in [5.41, 5.74) is 9.98. The second-order valence-corrected chi connectivity index (χ2v) is 8.76. The number of nitrogen functional groups attached to an aromatic ring is 1. The number of aromatic nitrogens is 7. The highest BCUT2D eigenvalue weighted by atomic mass is 35.5. The van der Waals surface area contributed by atoms with Gasteiger partial charge in [-0.25, -0.2) is 4.98 Å². The molecule has 1 aliphatic rings. The number of rotatable bonds is 4. The van der Waals surface area contributed by atoms with E-state index in [0.29, 0.717) is 51.8 Å². The normalized spacial score (nSPS) is 14.9. The molecular formula is C24H18ClFN8O. The first kappa shape index (κ1) is 21.2. The highest BCUT2D eigenvalue weighted by Gasteiger charge is 2.30. The molecule has 0 amide bonds. The SMILES string of the molecule is Nc1ccc(-c2nc(F)c(C3CCc4cc(-c5cc(Cl)ccc5-n5cnnn5)cc(=O)n43)[nH]2)cc1. The lowest BCUT2D eigenvalue weighted by Gasteiger charge is -2.15. The van der Waals surface area contributed by atoms with Crippen LogP contribution in [0.25, 0.3) is 28.2 Å². The summed E-state index contributed by atoms with van der Waals surface area (Å²) in [5, 5.41) is 11.9. The fourth-order valence-electron chi connectivity index (χ4n) is 4.60. The number of nitrogens with two attached hydrogens (primary N) is 1. The van der Waals surface area contributed by atoms with Crippen molar-refractivity contribution in [2.45, 2.75) is 18.9 Å². The van der Waals surface area contributed by atoms with Gasteiger partial charge in [0, 0.05) is 33.6 Å². The number of hydrogen-bond donors (Lipinski definition) is 2. The van der Waals surface area contributed by atoms with Crippen molar-refractivity contribution in [3.63, 3.8) is 0 Å². The Morgan fingerprint density at radius 2 is 1.91 bits per heavy atom.